The van der Waals surface area contributed by atoms with Gasteiger partial charge in [0.25, 0.3) is 11.8 Å². The molecule has 9 nitrogen and oxygen atoms in total. The van der Waals surface area contributed by atoms with E-state index in [1.807, 2.05) is 24.3 Å². The first kappa shape index (κ1) is 21.8. The minimum atomic E-state index is -0.504. The molecule has 1 aliphatic heterocycles. The van der Waals surface area contributed by atoms with Crippen molar-refractivity contribution in [3.8, 4) is 0 Å². The number of carbonyl (C=O) groups excluding carboxylic acids is 3. The van der Waals surface area contributed by atoms with E-state index in [4.69, 9.17) is 19.4 Å². The maximum atomic E-state index is 12.7. The standard InChI is InChI=1S/C21H24N2O7/c24-18(22-27)7-9-28-11-13-30-14-12-29-10-8-23-20(25)16-5-1-3-15-4-2-6-17(19(15)16)21(23)26/h1-6,27H,7-14H2,(H,22,24). The highest BCUT2D eigenvalue weighted by Crippen LogP contribution is 2.29. The molecule has 3 amide bonds. The van der Waals surface area contributed by atoms with Crippen molar-refractivity contribution in [2.24, 2.45) is 0 Å². The van der Waals surface area contributed by atoms with Crippen LogP contribution in [0.5, 0.6) is 0 Å². The predicted molar refractivity (Wildman–Crippen MR) is 106 cm³/mol. The van der Waals surface area contributed by atoms with Crippen LogP contribution in [0.2, 0.25) is 0 Å². The fraction of sp³-hybridized carbons (Fsp3) is 0.381. The lowest BCUT2D eigenvalue weighted by Crippen LogP contribution is -2.42. The molecule has 0 saturated heterocycles. The van der Waals surface area contributed by atoms with Crippen LogP contribution < -0.4 is 5.48 Å². The lowest BCUT2D eigenvalue weighted by atomic mass is 9.94. The second kappa shape index (κ2) is 10.8. The molecule has 0 radical (unpaired) electrons. The number of rotatable bonds is 12. The molecule has 0 saturated carbocycles. The topological polar surface area (TPSA) is 114 Å². The molecule has 1 aliphatic rings. The van der Waals surface area contributed by atoms with Gasteiger partial charge < -0.3 is 14.2 Å². The molecule has 0 spiro atoms. The number of nitrogens with one attached hydrogen (secondary N) is 1. The van der Waals surface area contributed by atoms with E-state index >= 15 is 0 Å². The van der Waals surface area contributed by atoms with Crippen LogP contribution >= 0.6 is 0 Å². The molecule has 9 heteroatoms. The minimum Gasteiger partial charge on any atom is -0.379 e. The molecule has 0 fully saturated rings. The van der Waals surface area contributed by atoms with E-state index in [1.165, 1.54) is 10.4 Å². The molecular weight excluding hydrogens is 392 g/mol. The van der Waals surface area contributed by atoms with Gasteiger partial charge >= 0.3 is 0 Å². The van der Waals surface area contributed by atoms with E-state index in [9.17, 15) is 14.4 Å². The molecule has 2 N–H and O–H groups in total. The van der Waals surface area contributed by atoms with Gasteiger partial charge in [-0.15, -0.1) is 0 Å². The number of ether oxygens (including phenoxy) is 3. The minimum absolute atomic E-state index is 0.0759. The summed E-state index contributed by atoms with van der Waals surface area (Å²) in [5.41, 5.74) is 2.58. The van der Waals surface area contributed by atoms with Crippen molar-refractivity contribution in [2.75, 3.05) is 46.2 Å². The Labute approximate surface area is 173 Å². The molecule has 0 atom stereocenters. The van der Waals surface area contributed by atoms with Crippen molar-refractivity contribution in [3.05, 3.63) is 47.5 Å². The molecule has 160 valence electrons. The Morgan fingerprint density at radius 1 is 0.833 bits per heavy atom. The van der Waals surface area contributed by atoms with Crippen LogP contribution in [0.1, 0.15) is 27.1 Å². The highest BCUT2D eigenvalue weighted by Gasteiger charge is 2.32. The van der Waals surface area contributed by atoms with Gasteiger partial charge in [-0.25, -0.2) is 5.48 Å². The zero-order valence-corrected chi connectivity index (χ0v) is 16.5. The number of hydrogen-bond donors (Lipinski definition) is 2. The van der Waals surface area contributed by atoms with E-state index in [0.29, 0.717) is 42.9 Å². The molecule has 3 rings (SSSR count). The van der Waals surface area contributed by atoms with Gasteiger partial charge in [-0.3, -0.25) is 24.5 Å². The molecule has 0 aromatic heterocycles. The van der Waals surface area contributed by atoms with Crippen LogP contribution in [0.4, 0.5) is 0 Å². The first-order valence-corrected chi connectivity index (χ1v) is 9.67. The van der Waals surface area contributed by atoms with Gasteiger partial charge in [-0.1, -0.05) is 24.3 Å². The number of carbonyl (C=O) groups is 3. The molecule has 0 unspecified atom stereocenters. The Balaban J connectivity index is 1.35. The third-order valence-electron chi connectivity index (χ3n) is 4.66. The lowest BCUT2D eigenvalue weighted by Gasteiger charge is -2.27. The molecule has 1 heterocycles. The van der Waals surface area contributed by atoms with E-state index in [1.54, 1.807) is 12.1 Å². The summed E-state index contributed by atoms with van der Waals surface area (Å²) in [6.45, 7) is 1.89. The van der Waals surface area contributed by atoms with Crippen LogP contribution in [0.25, 0.3) is 10.8 Å². The molecular formula is C21H24N2O7. The van der Waals surface area contributed by atoms with Crippen LogP contribution in [-0.4, -0.2) is 74.0 Å². The zero-order valence-electron chi connectivity index (χ0n) is 16.5. The summed E-state index contributed by atoms with van der Waals surface area (Å²) in [6.07, 6.45) is 0.0759. The van der Waals surface area contributed by atoms with Gasteiger partial charge in [0, 0.05) is 16.5 Å². The number of hydroxylamine groups is 1. The quantitative estimate of drug-likeness (QED) is 0.233. The SMILES string of the molecule is O=C(CCOCCOCCOCCN1C(=O)c2cccc3cccc(c23)C1=O)NO. The van der Waals surface area contributed by atoms with Crippen molar-refractivity contribution in [1.29, 1.82) is 0 Å². The molecule has 30 heavy (non-hydrogen) atoms. The Morgan fingerprint density at radius 3 is 1.93 bits per heavy atom. The fourth-order valence-corrected chi connectivity index (χ4v) is 3.20. The number of nitrogens with zero attached hydrogens (tertiary/aromatic N) is 1. The number of imide groups is 1. The Kier molecular flexibility index (Phi) is 7.86. The summed E-state index contributed by atoms with van der Waals surface area (Å²) in [4.78, 5) is 37.5. The maximum Gasteiger partial charge on any atom is 0.261 e. The van der Waals surface area contributed by atoms with E-state index < -0.39 is 5.91 Å². The van der Waals surface area contributed by atoms with Crippen molar-refractivity contribution < 1.29 is 33.8 Å². The average Bonchev–Trinajstić information content (AvgIpc) is 2.77. The van der Waals surface area contributed by atoms with E-state index in [0.717, 1.165) is 5.39 Å². The van der Waals surface area contributed by atoms with Crippen molar-refractivity contribution in [3.63, 3.8) is 0 Å². The zero-order chi connectivity index (χ0) is 21.3. The van der Waals surface area contributed by atoms with Crippen molar-refractivity contribution >= 4 is 28.5 Å². The number of benzene rings is 2. The van der Waals surface area contributed by atoms with Gasteiger partial charge in [-0.05, 0) is 17.5 Å². The summed E-state index contributed by atoms with van der Waals surface area (Å²) >= 11 is 0. The van der Waals surface area contributed by atoms with Gasteiger partial charge in [-0.2, -0.15) is 0 Å². The molecule has 0 bridgehead atoms. The average molecular weight is 416 g/mol. The van der Waals surface area contributed by atoms with Crippen LogP contribution in [0.15, 0.2) is 36.4 Å². The third kappa shape index (κ3) is 5.19. The summed E-state index contributed by atoms with van der Waals surface area (Å²) in [7, 11) is 0. The van der Waals surface area contributed by atoms with Crippen LogP contribution in [0, 0.1) is 0 Å². The normalized spacial score (nSPS) is 13.2. The summed E-state index contributed by atoms with van der Waals surface area (Å²) in [5, 5.41) is 9.92. The first-order valence-electron chi connectivity index (χ1n) is 9.67. The number of hydrogen-bond acceptors (Lipinski definition) is 7. The summed E-state index contributed by atoms with van der Waals surface area (Å²) in [6, 6.07) is 10.9. The molecule has 0 aliphatic carbocycles. The highest BCUT2D eigenvalue weighted by atomic mass is 16.5. The monoisotopic (exact) mass is 416 g/mol. The smallest absolute Gasteiger partial charge is 0.261 e. The Morgan fingerprint density at radius 2 is 1.37 bits per heavy atom. The fourth-order valence-electron chi connectivity index (χ4n) is 3.20. The third-order valence-corrected chi connectivity index (χ3v) is 4.66. The van der Waals surface area contributed by atoms with E-state index in [2.05, 4.69) is 0 Å². The van der Waals surface area contributed by atoms with Gasteiger partial charge in [0.05, 0.1) is 52.6 Å². The maximum absolute atomic E-state index is 12.7. The summed E-state index contributed by atoms with van der Waals surface area (Å²) < 4.78 is 16.0. The van der Waals surface area contributed by atoms with Crippen LogP contribution in [0.3, 0.4) is 0 Å². The lowest BCUT2D eigenvalue weighted by molar-refractivity contribution is -0.130. The second-order valence-corrected chi connectivity index (χ2v) is 6.59. The van der Waals surface area contributed by atoms with Gasteiger partial charge in [0.1, 0.15) is 0 Å². The predicted octanol–water partition coefficient (Wildman–Crippen LogP) is 1.38. The largest absolute Gasteiger partial charge is 0.379 e. The van der Waals surface area contributed by atoms with E-state index in [-0.39, 0.29) is 38.0 Å². The highest BCUT2D eigenvalue weighted by molar-refractivity contribution is 6.25. The number of amides is 3. The Hall–Kier alpha value is -2.85. The Bertz CT molecular complexity index is 865. The molecule has 2 aromatic rings. The van der Waals surface area contributed by atoms with Crippen molar-refractivity contribution in [2.45, 2.75) is 6.42 Å². The first-order chi connectivity index (χ1) is 14.6. The van der Waals surface area contributed by atoms with Gasteiger partial charge in [0.15, 0.2) is 0 Å². The molecule has 2 aromatic carbocycles. The van der Waals surface area contributed by atoms with Crippen LogP contribution in [-0.2, 0) is 19.0 Å². The van der Waals surface area contributed by atoms with Crippen molar-refractivity contribution in [1.82, 2.24) is 10.4 Å². The second-order valence-electron chi connectivity index (χ2n) is 6.59. The summed E-state index contributed by atoms with van der Waals surface area (Å²) in [5.74, 6) is -1.12. The van der Waals surface area contributed by atoms with Gasteiger partial charge in [0.2, 0.25) is 5.91 Å².